The Morgan fingerprint density at radius 3 is 2.85 bits per heavy atom. The first-order valence-corrected chi connectivity index (χ1v) is 12.1. The van der Waals surface area contributed by atoms with Crippen molar-refractivity contribution in [2.75, 3.05) is 11.9 Å². The maximum atomic E-state index is 12.3. The summed E-state index contributed by atoms with van der Waals surface area (Å²) in [7, 11) is 0. The standard InChI is InChI=1S/C22H23N5O4S2/c1-12(2)16-6-5-13(3)7-17(16)30-10-19(28)24-21-25-26-22(33-21)32-11-15-9-20(29)27-18(23-15)8-14(4)31-27/h5-9,12H,10-11H2,1-4H3,(H,24,25,28). The number of benzene rings is 1. The molecule has 3 heterocycles. The van der Waals surface area contributed by atoms with Crippen LogP contribution in [0.15, 0.2) is 44.0 Å². The molecule has 4 rings (SSSR count). The second-order valence-electron chi connectivity index (χ2n) is 7.78. The average molecular weight is 486 g/mol. The number of nitrogens with one attached hydrogen (secondary N) is 1. The summed E-state index contributed by atoms with van der Waals surface area (Å²) in [5.41, 5.74) is 2.93. The van der Waals surface area contributed by atoms with Gasteiger partial charge in [-0.2, -0.15) is 0 Å². The zero-order valence-electron chi connectivity index (χ0n) is 18.6. The molecule has 0 saturated carbocycles. The zero-order valence-corrected chi connectivity index (χ0v) is 20.2. The molecule has 0 radical (unpaired) electrons. The highest BCUT2D eigenvalue weighted by molar-refractivity contribution is 8.00. The predicted molar refractivity (Wildman–Crippen MR) is 127 cm³/mol. The molecule has 9 nitrogen and oxygen atoms in total. The molecule has 4 aromatic rings. The molecule has 0 atom stereocenters. The first kappa shape index (κ1) is 23.0. The first-order valence-electron chi connectivity index (χ1n) is 10.3. The van der Waals surface area contributed by atoms with E-state index < -0.39 is 0 Å². The van der Waals surface area contributed by atoms with Gasteiger partial charge in [0.1, 0.15) is 11.5 Å². The summed E-state index contributed by atoms with van der Waals surface area (Å²) < 4.78 is 12.9. The molecule has 0 bridgehead atoms. The Hall–Kier alpha value is -3.18. The molecule has 0 aliphatic rings. The van der Waals surface area contributed by atoms with Gasteiger partial charge in [-0.05, 0) is 37.0 Å². The molecule has 0 fully saturated rings. The number of hydrogen-bond acceptors (Lipinski definition) is 9. The van der Waals surface area contributed by atoms with Crippen LogP contribution in [0.3, 0.4) is 0 Å². The van der Waals surface area contributed by atoms with Crippen molar-refractivity contribution in [1.82, 2.24) is 19.8 Å². The number of hydrogen-bond donors (Lipinski definition) is 1. The Kier molecular flexibility index (Phi) is 6.80. The quantitative estimate of drug-likeness (QED) is 0.292. The molecule has 1 amide bonds. The topological polar surface area (TPSA) is 112 Å². The van der Waals surface area contributed by atoms with E-state index in [1.807, 2.05) is 25.1 Å². The Morgan fingerprint density at radius 1 is 1.24 bits per heavy atom. The van der Waals surface area contributed by atoms with E-state index in [1.165, 1.54) is 29.2 Å². The number of aromatic nitrogens is 4. The van der Waals surface area contributed by atoms with Crippen LogP contribution in [0.5, 0.6) is 5.75 Å². The maximum absolute atomic E-state index is 12.3. The number of amides is 1. The van der Waals surface area contributed by atoms with Gasteiger partial charge in [-0.25, -0.2) is 4.98 Å². The minimum Gasteiger partial charge on any atom is -0.483 e. The van der Waals surface area contributed by atoms with E-state index in [4.69, 9.17) is 9.26 Å². The lowest BCUT2D eigenvalue weighted by Crippen LogP contribution is -2.20. The highest BCUT2D eigenvalue weighted by Gasteiger charge is 2.13. The number of fused-ring (bicyclic) bond motifs is 1. The lowest BCUT2D eigenvalue weighted by atomic mass is 10.0. The zero-order chi connectivity index (χ0) is 23.5. The summed E-state index contributed by atoms with van der Waals surface area (Å²) in [5.74, 6) is 1.74. The average Bonchev–Trinajstić information content (AvgIpc) is 3.36. The lowest BCUT2D eigenvalue weighted by molar-refractivity contribution is -0.118. The highest BCUT2D eigenvalue weighted by atomic mass is 32.2. The van der Waals surface area contributed by atoms with Crippen LogP contribution < -0.4 is 15.6 Å². The van der Waals surface area contributed by atoms with Gasteiger partial charge in [0.05, 0.1) is 5.69 Å². The second kappa shape index (κ2) is 9.75. The van der Waals surface area contributed by atoms with Crippen molar-refractivity contribution < 1.29 is 14.1 Å². The molecule has 3 aromatic heterocycles. The van der Waals surface area contributed by atoms with Crippen LogP contribution in [0.4, 0.5) is 5.13 Å². The number of aryl methyl sites for hydroxylation is 2. The van der Waals surface area contributed by atoms with Crippen molar-refractivity contribution in [3.63, 3.8) is 0 Å². The van der Waals surface area contributed by atoms with E-state index in [1.54, 1.807) is 13.0 Å². The highest BCUT2D eigenvalue weighted by Crippen LogP contribution is 2.29. The number of carbonyl (C=O) groups is 1. The fourth-order valence-electron chi connectivity index (χ4n) is 3.14. The number of nitrogens with zero attached hydrogens (tertiary/aromatic N) is 4. The van der Waals surface area contributed by atoms with Gasteiger partial charge in [-0.3, -0.25) is 14.9 Å². The van der Waals surface area contributed by atoms with Gasteiger partial charge in [0.2, 0.25) is 5.13 Å². The number of ether oxygens (including phenoxy) is 1. The number of carbonyl (C=O) groups excluding carboxylic acids is 1. The molecule has 0 aliphatic heterocycles. The third kappa shape index (κ3) is 5.60. The lowest BCUT2D eigenvalue weighted by Gasteiger charge is -2.14. The Labute approximate surface area is 198 Å². The Balaban J connectivity index is 1.33. The molecule has 0 saturated heterocycles. The Morgan fingerprint density at radius 2 is 2.06 bits per heavy atom. The number of thioether (sulfide) groups is 1. The van der Waals surface area contributed by atoms with E-state index in [9.17, 15) is 9.59 Å². The minimum absolute atomic E-state index is 0.122. The van der Waals surface area contributed by atoms with Crippen LogP contribution in [0.2, 0.25) is 0 Å². The summed E-state index contributed by atoms with van der Waals surface area (Å²) >= 11 is 2.63. The van der Waals surface area contributed by atoms with Crippen molar-refractivity contribution in [3.05, 3.63) is 63.3 Å². The van der Waals surface area contributed by atoms with Crippen molar-refractivity contribution in [1.29, 1.82) is 0 Å². The van der Waals surface area contributed by atoms with Crippen LogP contribution in [0, 0.1) is 13.8 Å². The van der Waals surface area contributed by atoms with E-state index >= 15 is 0 Å². The van der Waals surface area contributed by atoms with Crippen LogP contribution in [-0.2, 0) is 10.5 Å². The second-order valence-corrected chi connectivity index (χ2v) is 9.98. The summed E-state index contributed by atoms with van der Waals surface area (Å²) in [5, 5.41) is 11.2. The van der Waals surface area contributed by atoms with Crippen LogP contribution in [0.25, 0.3) is 5.65 Å². The van der Waals surface area contributed by atoms with Gasteiger partial charge < -0.3 is 9.26 Å². The van der Waals surface area contributed by atoms with E-state index in [0.717, 1.165) is 15.7 Å². The largest absolute Gasteiger partial charge is 0.483 e. The van der Waals surface area contributed by atoms with Gasteiger partial charge in [-0.1, -0.05) is 49.1 Å². The molecule has 1 aromatic carbocycles. The van der Waals surface area contributed by atoms with Crippen molar-refractivity contribution in [3.8, 4) is 5.75 Å². The van der Waals surface area contributed by atoms with Gasteiger partial charge in [0.25, 0.3) is 11.5 Å². The van der Waals surface area contributed by atoms with Gasteiger partial charge in [0, 0.05) is 17.9 Å². The summed E-state index contributed by atoms with van der Waals surface area (Å²) in [6, 6.07) is 9.13. The molecule has 0 spiro atoms. The molecule has 0 aliphatic carbocycles. The predicted octanol–water partition coefficient (Wildman–Crippen LogP) is 4.19. The van der Waals surface area contributed by atoms with E-state index in [0.29, 0.717) is 38.1 Å². The van der Waals surface area contributed by atoms with Gasteiger partial charge in [0.15, 0.2) is 16.6 Å². The Bertz CT molecular complexity index is 1360. The van der Waals surface area contributed by atoms with Crippen molar-refractivity contribution in [2.24, 2.45) is 0 Å². The summed E-state index contributed by atoms with van der Waals surface area (Å²) in [6.45, 7) is 7.78. The monoisotopic (exact) mass is 485 g/mol. The summed E-state index contributed by atoms with van der Waals surface area (Å²) in [4.78, 5) is 28.9. The fraction of sp³-hybridized carbons (Fsp3) is 0.318. The molecule has 0 unspecified atom stereocenters. The van der Waals surface area contributed by atoms with Gasteiger partial charge >= 0.3 is 0 Å². The van der Waals surface area contributed by atoms with Crippen molar-refractivity contribution >= 4 is 39.8 Å². The molecular weight excluding hydrogens is 462 g/mol. The summed E-state index contributed by atoms with van der Waals surface area (Å²) in [6.07, 6.45) is 0. The third-order valence-electron chi connectivity index (χ3n) is 4.67. The van der Waals surface area contributed by atoms with Crippen LogP contribution in [-0.4, -0.2) is 32.3 Å². The third-order valence-corrected chi connectivity index (χ3v) is 6.68. The normalized spacial score (nSPS) is 11.3. The maximum Gasteiger partial charge on any atom is 0.287 e. The molecule has 1 N–H and O–H groups in total. The number of anilines is 1. The van der Waals surface area contributed by atoms with Crippen LogP contribution in [0.1, 0.15) is 42.3 Å². The number of rotatable bonds is 8. The molecule has 11 heteroatoms. The van der Waals surface area contributed by atoms with Gasteiger partial charge in [-0.15, -0.1) is 14.8 Å². The van der Waals surface area contributed by atoms with E-state index in [2.05, 4.69) is 34.3 Å². The smallest absolute Gasteiger partial charge is 0.287 e. The van der Waals surface area contributed by atoms with Crippen LogP contribution >= 0.6 is 23.1 Å². The minimum atomic E-state index is -0.311. The van der Waals surface area contributed by atoms with E-state index in [-0.39, 0.29) is 24.0 Å². The molecule has 33 heavy (non-hydrogen) atoms. The molecular formula is C22H23N5O4S2. The van der Waals surface area contributed by atoms with Crippen molar-refractivity contribution in [2.45, 2.75) is 43.7 Å². The SMILES string of the molecule is Cc1ccc(C(C)C)c(OCC(=O)Nc2nnc(SCc3cc(=O)n4oc(C)cc4n3)s2)c1. The first-order chi connectivity index (χ1) is 15.8. The fourth-order valence-corrected chi connectivity index (χ4v) is 4.80. The molecule has 172 valence electrons.